The molecule has 3 N–H and O–H groups in total. The molecule has 0 saturated carbocycles. The Balaban J connectivity index is 2.57. The second-order valence-corrected chi connectivity index (χ2v) is 5.70. The Morgan fingerprint density at radius 2 is 2.05 bits per heavy atom. The number of benzene rings is 1. The normalized spacial score (nSPS) is 11.3. The fourth-order valence-corrected chi connectivity index (χ4v) is 1.98. The van der Waals surface area contributed by atoms with E-state index >= 15 is 0 Å². The quantitative estimate of drug-likeness (QED) is 0.679. The summed E-state index contributed by atoms with van der Waals surface area (Å²) in [7, 11) is -1.83. The van der Waals surface area contributed by atoms with Crippen LogP contribution < -0.4 is 19.9 Å². The number of rotatable bonds is 8. The highest BCUT2D eigenvalue weighted by molar-refractivity contribution is 7.89. The lowest BCUT2D eigenvalue weighted by molar-refractivity contribution is 0.310. The fraction of sp³-hybridized carbons (Fsp3) is 0.500. The standard InChI is InChI=1S/C12H20N2O4S/c1-3-18-12-8-10(4-5-11(12)17-2)9-14-6-7-19(13,15)16/h4-5,8,14H,3,6-7,9H2,1-2H3,(H2,13,15,16). The van der Waals surface area contributed by atoms with Gasteiger partial charge < -0.3 is 14.8 Å². The van der Waals surface area contributed by atoms with Gasteiger partial charge in [0.15, 0.2) is 11.5 Å². The third kappa shape index (κ3) is 5.91. The van der Waals surface area contributed by atoms with Crippen LogP contribution in [0.3, 0.4) is 0 Å². The van der Waals surface area contributed by atoms with E-state index in [0.29, 0.717) is 31.2 Å². The number of sulfonamides is 1. The van der Waals surface area contributed by atoms with Gasteiger partial charge in [0.25, 0.3) is 0 Å². The number of nitrogens with one attached hydrogen (secondary N) is 1. The Hall–Kier alpha value is -1.31. The van der Waals surface area contributed by atoms with E-state index in [-0.39, 0.29) is 5.75 Å². The molecule has 0 fully saturated rings. The van der Waals surface area contributed by atoms with E-state index in [1.165, 1.54) is 0 Å². The molecule has 0 aromatic heterocycles. The van der Waals surface area contributed by atoms with Gasteiger partial charge in [-0.15, -0.1) is 0 Å². The molecule has 1 aromatic rings. The molecule has 0 aliphatic heterocycles. The minimum atomic E-state index is -3.41. The Labute approximate surface area is 113 Å². The molecule has 0 bridgehead atoms. The van der Waals surface area contributed by atoms with Crippen molar-refractivity contribution in [2.75, 3.05) is 26.0 Å². The highest BCUT2D eigenvalue weighted by Crippen LogP contribution is 2.27. The van der Waals surface area contributed by atoms with E-state index in [4.69, 9.17) is 14.6 Å². The predicted molar refractivity (Wildman–Crippen MR) is 73.8 cm³/mol. The Morgan fingerprint density at radius 3 is 2.63 bits per heavy atom. The van der Waals surface area contributed by atoms with Crippen molar-refractivity contribution in [2.45, 2.75) is 13.5 Å². The molecule has 0 aliphatic carbocycles. The molecule has 0 amide bonds. The van der Waals surface area contributed by atoms with E-state index in [1.54, 1.807) is 7.11 Å². The molecule has 6 nitrogen and oxygen atoms in total. The zero-order valence-corrected chi connectivity index (χ0v) is 12.0. The van der Waals surface area contributed by atoms with Crippen LogP contribution in [-0.4, -0.2) is 34.4 Å². The number of nitrogens with two attached hydrogens (primary N) is 1. The Bertz CT molecular complexity index is 502. The third-order valence-corrected chi connectivity index (χ3v) is 3.19. The van der Waals surface area contributed by atoms with Crippen LogP contribution in [0.4, 0.5) is 0 Å². The van der Waals surface area contributed by atoms with Gasteiger partial charge in [-0.25, -0.2) is 13.6 Å². The van der Waals surface area contributed by atoms with Crippen molar-refractivity contribution < 1.29 is 17.9 Å². The van der Waals surface area contributed by atoms with Crippen molar-refractivity contribution in [3.05, 3.63) is 23.8 Å². The second-order valence-electron chi connectivity index (χ2n) is 3.96. The first kappa shape index (κ1) is 15.7. The van der Waals surface area contributed by atoms with E-state index < -0.39 is 10.0 Å². The summed E-state index contributed by atoms with van der Waals surface area (Å²) in [4.78, 5) is 0. The van der Waals surface area contributed by atoms with Gasteiger partial charge >= 0.3 is 0 Å². The maximum absolute atomic E-state index is 10.8. The largest absolute Gasteiger partial charge is 0.493 e. The molecule has 0 radical (unpaired) electrons. The second kappa shape index (κ2) is 7.32. The van der Waals surface area contributed by atoms with Crippen LogP contribution in [0.1, 0.15) is 12.5 Å². The predicted octanol–water partition coefficient (Wildman–Crippen LogP) is 0.472. The van der Waals surface area contributed by atoms with Crippen molar-refractivity contribution in [2.24, 2.45) is 5.14 Å². The lowest BCUT2D eigenvalue weighted by Crippen LogP contribution is -2.26. The van der Waals surface area contributed by atoms with Crippen LogP contribution in [0.25, 0.3) is 0 Å². The van der Waals surface area contributed by atoms with Gasteiger partial charge in [-0.05, 0) is 24.6 Å². The van der Waals surface area contributed by atoms with Crippen LogP contribution in [0.2, 0.25) is 0 Å². The molecule has 1 rings (SSSR count). The zero-order valence-electron chi connectivity index (χ0n) is 11.2. The van der Waals surface area contributed by atoms with Gasteiger partial charge in [-0.2, -0.15) is 0 Å². The molecule has 1 aromatic carbocycles. The monoisotopic (exact) mass is 288 g/mol. The summed E-state index contributed by atoms with van der Waals surface area (Å²) in [6, 6.07) is 5.58. The lowest BCUT2D eigenvalue weighted by atomic mass is 10.2. The first-order valence-corrected chi connectivity index (χ1v) is 7.68. The summed E-state index contributed by atoms with van der Waals surface area (Å²) >= 11 is 0. The maximum Gasteiger partial charge on any atom is 0.210 e. The van der Waals surface area contributed by atoms with Crippen molar-refractivity contribution in [3.8, 4) is 11.5 Å². The summed E-state index contributed by atoms with van der Waals surface area (Å²) in [5.41, 5.74) is 0.985. The summed E-state index contributed by atoms with van der Waals surface area (Å²) in [6.45, 7) is 3.31. The number of ether oxygens (including phenoxy) is 2. The van der Waals surface area contributed by atoms with Gasteiger partial charge in [0, 0.05) is 13.1 Å². The highest BCUT2D eigenvalue weighted by atomic mass is 32.2. The van der Waals surface area contributed by atoms with Gasteiger partial charge in [0.05, 0.1) is 19.5 Å². The zero-order chi connectivity index (χ0) is 14.3. The molecule has 0 spiro atoms. The van der Waals surface area contributed by atoms with Gasteiger partial charge in [-0.1, -0.05) is 6.07 Å². The van der Waals surface area contributed by atoms with Crippen LogP contribution in [-0.2, 0) is 16.6 Å². The van der Waals surface area contributed by atoms with Crippen molar-refractivity contribution in [1.29, 1.82) is 0 Å². The average molecular weight is 288 g/mol. The molecule has 19 heavy (non-hydrogen) atoms. The van der Waals surface area contributed by atoms with Crippen molar-refractivity contribution in [3.63, 3.8) is 0 Å². The van der Waals surface area contributed by atoms with Gasteiger partial charge in [0.2, 0.25) is 10.0 Å². The summed E-state index contributed by atoms with van der Waals surface area (Å²) in [6.07, 6.45) is 0. The number of hydrogen-bond acceptors (Lipinski definition) is 5. The molecular formula is C12H20N2O4S. The molecule has 7 heteroatoms. The molecule has 0 atom stereocenters. The van der Waals surface area contributed by atoms with E-state index in [0.717, 1.165) is 5.56 Å². The van der Waals surface area contributed by atoms with Crippen LogP contribution in [0, 0.1) is 0 Å². The minimum absolute atomic E-state index is 0.0819. The summed E-state index contributed by atoms with van der Waals surface area (Å²) in [5, 5.41) is 7.92. The molecule has 108 valence electrons. The molecular weight excluding hydrogens is 268 g/mol. The van der Waals surface area contributed by atoms with Crippen LogP contribution in [0.15, 0.2) is 18.2 Å². The number of hydrogen-bond donors (Lipinski definition) is 2. The lowest BCUT2D eigenvalue weighted by Gasteiger charge is -2.11. The smallest absolute Gasteiger partial charge is 0.210 e. The first-order valence-electron chi connectivity index (χ1n) is 5.97. The Kier molecular flexibility index (Phi) is 6.07. The number of methoxy groups -OCH3 is 1. The highest BCUT2D eigenvalue weighted by Gasteiger charge is 2.06. The summed E-state index contributed by atoms with van der Waals surface area (Å²) < 4.78 is 32.2. The van der Waals surface area contributed by atoms with E-state index in [9.17, 15) is 8.42 Å². The first-order chi connectivity index (χ1) is 8.96. The van der Waals surface area contributed by atoms with Crippen LogP contribution in [0.5, 0.6) is 11.5 Å². The molecule has 0 saturated heterocycles. The maximum atomic E-state index is 10.8. The molecule has 0 heterocycles. The molecule has 0 aliphatic rings. The van der Waals surface area contributed by atoms with Crippen molar-refractivity contribution >= 4 is 10.0 Å². The average Bonchev–Trinajstić information content (AvgIpc) is 2.34. The SMILES string of the molecule is CCOc1cc(CNCCS(N)(=O)=O)ccc1OC. The fourth-order valence-electron chi connectivity index (χ4n) is 1.55. The third-order valence-electron chi connectivity index (χ3n) is 2.42. The topological polar surface area (TPSA) is 90.6 Å². The number of primary sulfonamides is 1. The van der Waals surface area contributed by atoms with Gasteiger partial charge in [-0.3, -0.25) is 0 Å². The van der Waals surface area contributed by atoms with E-state index in [1.807, 2.05) is 25.1 Å². The Morgan fingerprint density at radius 1 is 1.32 bits per heavy atom. The minimum Gasteiger partial charge on any atom is -0.493 e. The summed E-state index contributed by atoms with van der Waals surface area (Å²) in [5.74, 6) is 1.27. The van der Waals surface area contributed by atoms with Crippen LogP contribution >= 0.6 is 0 Å². The van der Waals surface area contributed by atoms with Gasteiger partial charge in [0.1, 0.15) is 0 Å². The van der Waals surface area contributed by atoms with E-state index in [2.05, 4.69) is 5.32 Å². The molecule has 0 unspecified atom stereocenters. The van der Waals surface area contributed by atoms with Crippen molar-refractivity contribution in [1.82, 2.24) is 5.32 Å².